The molecule has 1 aromatic heterocycles. The quantitative estimate of drug-likeness (QED) is 0.818. The van der Waals surface area contributed by atoms with Crippen molar-refractivity contribution >= 4 is 10.9 Å². The summed E-state index contributed by atoms with van der Waals surface area (Å²) >= 11 is 0. The van der Waals surface area contributed by atoms with Crippen LogP contribution in [0.3, 0.4) is 0 Å². The normalized spacial score (nSPS) is 20.1. The average Bonchev–Trinajstić information content (AvgIpc) is 2.62. The predicted molar refractivity (Wildman–Crippen MR) is 81.7 cm³/mol. The second kappa shape index (κ2) is 4.68. The van der Waals surface area contributed by atoms with Crippen LogP contribution in [0.2, 0.25) is 0 Å². The Morgan fingerprint density at radius 2 is 1.95 bits per heavy atom. The Balaban J connectivity index is 2.22. The number of hydrogen-bond acceptors (Lipinski definition) is 1. The zero-order valence-electron chi connectivity index (χ0n) is 12.5. The molecular weight excluding hydrogens is 232 g/mol. The molecule has 0 bridgehead atoms. The highest BCUT2D eigenvalue weighted by molar-refractivity contribution is 5.89. The Morgan fingerprint density at radius 1 is 1.16 bits per heavy atom. The SMILES string of the molecule is Cc1cc(C)c2c(C)c(C3CCCCN3)n(C)c2c1. The molecule has 1 unspecified atom stereocenters. The third-order valence-corrected chi connectivity index (χ3v) is 4.58. The molecule has 0 saturated carbocycles. The Bertz CT molecular complexity index is 616. The van der Waals surface area contributed by atoms with Crippen LogP contribution >= 0.6 is 0 Å². The van der Waals surface area contributed by atoms with Crippen molar-refractivity contribution in [3.8, 4) is 0 Å². The van der Waals surface area contributed by atoms with Crippen molar-refractivity contribution < 1.29 is 0 Å². The van der Waals surface area contributed by atoms with Gasteiger partial charge in [-0.2, -0.15) is 0 Å². The van der Waals surface area contributed by atoms with E-state index in [1.54, 1.807) is 0 Å². The smallest absolute Gasteiger partial charge is 0.0488 e. The van der Waals surface area contributed by atoms with Gasteiger partial charge in [-0.15, -0.1) is 0 Å². The van der Waals surface area contributed by atoms with E-state index in [1.807, 2.05) is 0 Å². The molecule has 1 fully saturated rings. The number of aromatic nitrogens is 1. The number of nitrogens with zero attached hydrogens (tertiary/aromatic N) is 1. The molecule has 1 saturated heterocycles. The summed E-state index contributed by atoms with van der Waals surface area (Å²) in [6.45, 7) is 7.87. The minimum Gasteiger partial charge on any atom is -0.346 e. The van der Waals surface area contributed by atoms with Crippen molar-refractivity contribution in [2.75, 3.05) is 6.54 Å². The minimum atomic E-state index is 0.533. The molecule has 19 heavy (non-hydrogen) atoms. The highest BCUT2D eigenvalue weighted by Crippen LogP contribution is 2.34. The molecule has 1 atom stereocenters. The molecule has 1 aromatic carbocycles. The number of aryl methyl sites for hydroxylation is 4. The molecule has 0 amide bonds. The first-order valence-electron chi connectivity index (χ1n) is 7.39. The molecular formula is C17H24N2. The largest absolute Gasteiger partial charge is 0.346 e. The Hall–Kier alpha value is -1.28. The lowest BCUT2D eigenvalue weighted by atomic mass is 9.97. The average molecular weight is 256 g/mol. The van der Waals surface area contributed by atoms with Crippen molar-refractivity contribution in [1.29, 1.82) is 0 Å². The first kappa shape index (κ1) is 12.7. The fourth-order valence-corrected chi connectivity index (χ4v) is 3.79. The summed E-state index contributed by atoms with van der Waals surface area (Å²) in [5.74, 6) is 0. The third-order valence-electron chi connectivity index (χ3n) is 4.58. The number of rotatable bonds is 1. The van der Waals surface area contributed by atoms with E-state index in [0.717, 1.165) is 6.54 Å². The van der Waals surface area contributed by atoms with E-state index in [4.69, 9.17) is 0 Å². The maximum Gasteiger partial charge on any atom is 0.0488 e. The van der Waals surface area contributed by atoms with Crippen molar-refractivity contribution in [2.24, 2.45) is 7.05 Å². The van der Waals surface area contributed by atoms with Crippen LogP contribution in [-0.2, 0) is 7.05 Å². The summed E-state index contributed by atoms with van der Waals surface area (Å²) in [5.41, 5.74) is 7.11. The van der Waals surface area contributed by atoms with Gasteiger partial charge in [0.1, 0.15) is 0 Å². The van der Waals surface area contributed by atoms with Gasteiger partial charge >= 0.3 is 0 Å². The number of nitrogens with one attached hydrogen (secondary N) is 1. The van der Waals surface area contributed by atoms with Gasteiger partial charge in [-0.3, -0.25) is 0 Å². The van der Waals surface area contributed by atoms with Crippen LogP contribution in [-0.4, -0.2) is 11.1 Å². The van der Waals surface area contributed by atoms with Crippen LogP contribution in [0.25, 0.3) is 10.9 Å². The van der Waals surface area contributed by atoms with Gasteiger partial charge in [0.25, 0.3) is 0 Å². The summed E-state index contributed by atoms with van der Waals surface area (Å²) in [6, 6.07) is 5.15. The topological polar surface area (TPSA) is 17.0 Å². The Morgan fingerprint density at radius 3 is 2.63 bits per heavy atom. The Kier molecular flexibility index (Phi) is 3.14. The number of fused-ring (bicyclic) bond motifs is 1. The maximum absolute atomic E-state index is 3.69. The van der Waals surface area contributed by atoms with E-state index in [-0.39, 0.29) is 0 Å². The lowest BCUT2D eigenvalue weighted by Gasteiger charge is -2.25. The molecule has 2 heterocycles. The summed E-state index contributed by atoms with van der Waals surface area (Å²) in [7, 11) is 2.22. The summed E-state index contributed by atoms with van der Waals surface area (Å²) < 4.78 is 2.41. The molecule has 1 aliphatic rings. The predicted octanol–water partition coefficient (Wildman–Crippen LogP) is 3.92. The van der Waals surface area contributed by atoms with Crippen molar-refractivity contribution in [3.63, 3.8) is 0 Å². The van der Waals surface area contributed by atoms with Crippen LogP contribution in [0.4, 0.5) is 0 Å². The molecule has 2 heteroatoms. The van der Waals surface area contributed by atoms with Gasteiger partial charge in [-0.25, -0.2) is 0 Å². The molecule has 2 nitrogen and oxygen atoms in total. The van der Waals surface area contributed by atoms with Gasteiger partial charge in [-0.1, -0.05) is 12.5 Å². The molecule has 0 spiro atoms. The second-order valence-corrected chi connectivity index (χ2v) is 6.05. The highest BCUT2D eigenvalue weighted by Gasteiger charge is 2.22. The second-order valence-electron chi connectivity index (χ2n) is 6.05. The highest BCUT2D eigenvalue weighted by atomic mass is 15.0. The molecule has 0 aliphatic carbocycles. The summed E-state index contributed by atoms with van der Waals surface area (Å²) in [5, 5.41) is 5.15. The molecule has 102 valence electrons. The number of benzene rings is 1. The van der Waals surface area contributed by atoms with E-state index in [0.29, 0.717) is 6.04 Å². The van der Waals surface area contributed by atoms with E-state index in [1.165, 1.54) is 52.5 Å². The molecule has 3 rings (SSSR count). The van der Waals surface area contributed by atoms with Crippen molar-refractivity contribution in [2.45, 2.75) is 46.1 Å². The van der Waals surface area contributed by atoms with Crippen LogP contribution in [0.5, 0.6) is 0 Å². The standard InChI is InChI=1S/C17H24N2/c1-11-9-12(2)16-13(3)17(19(4)15(16)10-11)14-7-5-6-8-18-14/h9-10,14,18H,5-8H2,1-4H3. The zero-order chi connectivity index (χ0) is 13.6. The molecule has 1 N–H and O–H groups in total. The lowest BCUT2D eigenvalue weighted by molar-refractivity contribution is 0.398. The lowest BCUT2D eigenvalue weighted by Crippen LogP contribution is -2.28. The maximum atomic E-state index is 3.69. The zero-order valence-corrected chi connectivity index (χ0v) is 12.5. The van der Waals surface area contributed by atoms with Gasteiger partial charge in [0.2, 0.25) is 0 Å². The van der Waals surface area contributed by atoms with E-state index < -0.39 is 0 Å². The minimum absolute atomic E-state index is 0.533. The Labute approximate surface area is 115 Å². The molecule has 2 aromatic rings. The van der Waals surface area contributed by atoms with Crippen molar-refractivity contribution in [3.05, 3.63) is 34.5 Å². The van der Waals surface area contributed by atoms with Gasteiger partial charge in [0.15, 0.2) is 0 Å². The number of hydrogen-bond donors (Lipinski definition) is 1. The molecule has 0 radical (unpaired) electrons. The van der Waals surface area contributed by atoms with Gasteiger partial charge < -0.3 is 9.88 Å². The van der Waals surface area contributed by atoms with E-state index in [2.05, 4.69) is 49.8 Å². The fourth-order valence-electron chi connectivity index (χ4n) is 3.79. The first-order valence-corrected chi connectivity index (χ1v) is 7.39. The van der Waals surface area contributed by atoms with Crippen LogP contribution in [0, 0.1) is 20.8 Å². The van der Waals surface area contributed by atoms with Crippen LogP contribution < -0.4 is 5.32 Å². The van der Waals surface area contributed by atoms with E-state index >= 15 is 0 Å². The van der Waals surface area contributed by atoms with E-state index in [9.17, 15) is 0 Å². The first-order chi connectivity index (χ1) is 9.09. The fraction of sp³-hybridized carbons (Fsp3) is 0.529. The number of piperidine rings is 1. The van der Waals surface area contributed by atoms with Gasteiger partial charge in [-0.05, 0) is 62.9 Å². The summed E-state index contributed by atoms with van der Waals surface area (Å²) in [6.07, 6.45) is 3.93. The van der Waals surface area contributed by atoms with Gasteiger partial charge in [0, 0.05) is 29.7 Å². The van der Waals surface area contributed by atoms with Gasteiger partial charge in [0.05, 0.1) is 0 Å². The summed E-state index contributed by atoms with van der Waals surface area (Å²) in [4.78, 5) is 0. The van der Waals surface area contributed by atoms with Crippen LogP contribution in [0.15, 0.2) is 12.1 Å². The van der Waals surface area contributed by atoms with Crippen LogP contribution in [0.1, 0.15) is 47.7 Å². The van der Waals surface area contributed by atoms with Crippen molar-refractivity contribution in [1.82, 2.24) is 9.88 Å². The molecule has 1 aliphatic heterocycles. The third kappa shape index (κ3) is 1.99. The monoisotopic (exact) mass is 256 g/mol.